The van der Waals surface area contributed by atoms with Crippen molar-refractivity contribution < 1.29 is 4.42 Å². The molecule has 0 saturated carbocycles. The van der Waals surface area contributed by atoms with Gasteiger partial charge < -0.3 is 9.40 Å². The van der Waals surface area contributed by atoms with Crippen molar-refractivity contribution in [2.75, 3.05) is 0 Å². The highest BCUT2D eigenvalue weighted by Crippen LogP contribution is 2.36. The third-order valence-electron chi connectivity index (χ3n) is 3.51. The molecule has 0 aliphatic heterocycles. The lowest BCUT2D eigenvalue weighted by Crippen LogP contribution is -2.12. The second-order valence-corrected chi connectivity index (χ2v) is 8.58. The Morgan fingerprint density at radius 1 is 1.29 bits per heavy atom. The number of furan rings is 1. The molecule has 4 heterocycles. The van der Waals surface area contributed by atoms with Crippen LogP contribution in [0.3, 0.4) is 0 Å². The molecule has 4 aromatic rings. The topological polar surface area (TPSA) is 71.8 Å². The molecule has 1 unspecified atom stereocenters. The zero-order chi connectivity index (χ0) is 16.7. The molecule has 0 spiro atoms. The van der Waals surface area contributed by atoms with Gasteiger partial charge in [-0.3, -0.25) is 4.79 Å². The Balaban J connectivity index is 1.72. The lowest BCUT2D eigenvalue weighted by Gasteiger charge is -2.08. The van der Waals surface area contributed by atoms with Gasteiger partial charge in [0.15, 0.2) is 4.34 Å². The standard InChI is InChI=1S/C16H13N3O2S3/c1-8-6-23-16(17-8)24-9(2)13-18-14(20)12-10(7-22-15(12)19-13)11-4-3-5-21-11/h3-7,9H,1-2H3,(H,18,19,20). The van der Waals surface area contributed by atoms with E-state index in [0.717, 1.165) is 20.4 Å². The van der Waals surface area contributed by atoms with E-state index in [2.05, 4.69) is 15.0 Å². The molecule has 0 amide bonds. The number of hydrogen-bond acceptors (Lipinski definition) is 7. The highest BCUT2D eigenvalue weighted by atomic mass is 32.2. The summed E-state index contributed by atoms with van der Waals surface area (Å²) in [6.07, 6.45) is 1.60. The predicted octanol–water partition coefficient (Wildman–Crippen LogP) is 4.86. The second-order valence-electron chi connectivity index (χ2n) is 5.27. The van der Waals surface area contributed by atoms with Gasteiger partial charge in [0.2, 0.25) is 0 Å². The third kappa shape index (κ3) is 2.81. The Morgan fingerprint density at radius 3 is 2.88 bits per heavy atom. The average molecular weight is 376 g/mol. The fraction of sp³-hybridized carbons (Fsp3) is 0.188. The van der Waals surface area contributed by atoms with Crippen molar-refractivity contribution in [1.82, 2.24) is 15.0 Å². The number of nitrogens with one attached hydrogen (secondary N) is 1. The molecule has 4 rings (SSSR count). The number of thioether (sulfide) groups is 1. The molecule has 1 atom stereocenters. The summed E-state index contributed by atoms with van der Waals surface area (Å²) in [7, 11) is 0. The predicted molar refractivity (Wildman–Crippen MR) is 99.1 cm³/mol. The first-order chi connectivity index (χ1) is 11.6. The van der Waals surface area contributed by atoms with Gasteiger partial charge in [-0.2, -0.15) is 0 Å². The van der Waals surface area contributed by atoms with E-state index in [1.807, 2.05) is 36.7 Å². The first-order valence-corrected chi connectivity index (χ1v) is 9.90. The van der Waals surface area contributed by atoms with E-state index in [1.54, 1.807) is 29.4 Å². The maximum absolute atomic E-state index is 12.6. The molecule has 8 heteroatoms. The highest BCUT2D eigenvalue weighted by Gasteiger charge is 2.18. The molecular weight excluding hydrogens is 362 g/mol. The van der Waals surface area contributed by atoms with E-state index in [1.165, 1.54) is 11.3 Å². The number of aromatic nitrogens is 3. The van der Waals surface area contributed by atoms with E-state index in [-0.39, 0.29) is 10.8 Å². The number of hydrogen-bond donors (Lipinski definition) is 1. The maximum atomic E-state index is 12.6. The highest BCUT2D eigenvalue weighted by molar-refractivity contribution is 8.01. The van der Waals surface area contributed by atoms with Crippen LogP contribution in [-0.2, 0) is 0 Å². The summed E-state index contributed by atoms with van der Waals surface area (Å²) in [6, 6.07) is 3.65. The van der Waals surface area contributed by atoms with Gasteiger partial charge in [0.1, 0.15) is 16.4 Å². The quantitative estimate of drug-likeness (QED) is 0.516. The summed E-state index contributed by atoms with van der Waals surface area (Å²) in [4.78, 5) is 25.3. The minimum atomic E-state index is -0.134. The van der Waals surface area contributed by atoms with Gasteiger partial charge >= 0.3 is 0 Å². The van der Waals surface area contributed by atoms with Crippen molar-refractivity contribution in [1.29, 1.82) is 0 Å². The van der Waals surface area contributed by atoms with Crippen LogP contribution < -0.4 is 5.56 Å². The minimum absolute atomic E-state index is 0.0156. The van der Waals surface area contributed by atoms with Gasteiger partial charge in [-0.1, -0.05) is 11.8 Å². The smallest absolute Gasteiger partial charge is 0.260 e. The number of fused-ring (bicyclic) bond motifs is 1. The van der Waals surface area contributed by atoms with Gasteiger partial charge in [0.05, 0.1) is 16.9 Å². The first kappa shape index (κ1) is 15.6. The summed E-state index contributed by atoms with van der Waals surface area (Å²) in [5.41, 5.74) is 1.66. The lowest BCUT2D eigenvalue weighted by molar-refractivity contribution is 0.583. The van der Waals surface area contributed by atoms with E-state index < -0.39 is 0 Å². The van der Waals surface area contributed by atoms with E-state index in [4.69, 9.17) is 4.42 Å². The average Bonchev–Trinajstić information content (AvgIpc) is 3.27. The largest absolute Gasteiger partial charge is 0.464 e. The molecule has 0 aliphatic carbocycles. The number of thiophene rings is 1. The normalized spacial score (nSPS) is 12.8. The van der Waals surface area contributed by atoms with Crippen LogP contribution in [0.2, 0.25) is 0 Å². The number of H-pyrrole nitrogens is 1. The van der Waals surface area contributed by atoms with Gasteiger partial charge in [-0.15, -0.1) is 22.7 Å². The van der Waals surface area contributed by atoms with Crippen LogP contribution in [0.15, 0.2) is 42.7 Å². The summed E-state index contributed by atoms with van der Waals surface area (Å²) in [5, 5.41) is 4.53. The van der Waals surface area contributed by atoms with E-state index >= 15 is 0 Å². The second kappa shape index (κ2) is 6.19. The number of aryl methyl sites for hydroxylation is 1. The van der Waals surface area contributed by atoms with Crippen LogP contribution in [0, 0.1) is 6.92 Å². The zero-order valence-electron chi connectivity index (χ0n) is 12.9. The van der Waals surface area contributed by atoms with Crippen LogP contribution in [0.4, 0.5) is 0 Å². The summed E-state index contributed by atoms with van der Waals surface area (Å²) >= 11 is 4.66. The molecule has 122 valence electrons. The number of rotatable bonds is 4. The number of thiazole rings is 1. The van der Waals surface area contributed by atoms with Crippen LogP contribution >= 0.6 is 34.4 Å². The Bertz CT molecular complexity index is 1050. The van der Waals surface area contributed by atoms with Crippen molar-refractivity contribution in [3.8, 4) is 11.3 Å². The lowest BCUT2D eigenvalue weighted by atomic mass is 10.2. The SMILES string of the molecule is Cc1csc(SC(C)c2nc3scc(-c4ccco4)c3c(=O)[nH]2)n1. The molecule has 5 nitrogen and oxygen atoms in total. The van der Waals surface area contributed by atoms with Gasteiger partial charge in [0.25, 0.3) is 5.56 Å². The van der Waals surface area contributed by atoms with Crippen molar-refractivity contribution in [3.63, 3.8) is 0 Å². The molecule has 0 saturated heterocycles. The maximum Gasteiger partial charge on any atom is 0.260 e. The van der Waals surface area contributed by atoms with Gasteiger partial charge in [0, 0.05) is 22.0 Å². The van der Waals surface area contributed by atoms with E-state index in [0.29, 0.717) is 17.0 Å². The van der Waals surface area contributed by atoms with Crippen LogP contribution in [0.5, 0.6) is 0 Å². The molecule has 0 aliphatic rings. The van der Waals surface area contributed by atoms with Gasteiger partial charge in [-0.05, 0) is 26.0 Å². The number of nitrogens with zero attached hydrogens (tertiary/aromatic N) is 2. The van der Waals surface area contributed by atoms with Crippen LogP contribution in [0.25, 0.3) is 21.5 Å². The molecule has 0 bridgehead atoms. The molecule has 24 heavy (non-hydrogen) atoms. The fourth-order valence-corrected chi connectivity index (χ4v) is 5.34. The van der Waals surface area contributed by atoms with Crippen LogP contribution in [0.1, 0.15) is 23.7 Å². The summed E-state index contributed by atoms with van der Waals surface area (Å²) in [5.74, 6) is 1.35. The summed E-state index contributed by atoms with van der Waals surface area (Å²) in [6.45, 7) is 3.99. The molecule has 0 aromatic carbocycles. The minimum Gasteiger partial charge on any atom is -0.464 e. The Hall–Kier alpha value is -1.90. The van der Waals surface area contributed by atoms with Crippen LogP contribution in [-0.4, -0.2) is 15.0 Å². The molecule has 0 fully saturated rings. The zero-order valence-corrected chi connectivity index (χ0v) is 15.3. The first-order valence-electron chi connectivity index (χ1n) is 7.26. The van der Waals surface area contributed by atoms with Crippen molar-refractivity contribution in [2.45, 2.75) is 23.4 Å². The molecular formula is C16H13N3O2S3. The Labute approximate surface area is 149 Å². The van der Waals surface area contributed by atoms with E-state index in [9.17, 15) is 4.79 Å². The summed E-state index contributed by atoms with van der Waals surface area (Å²) < 4.78 is 6.39. The van der Waals surface area contributed by atoms with Gasteiger partial charge in [-0.25, -0.2) is 9.97 Å². The molecule has 4 aromatic heterocycles. The molecule has 0 radical (unpaired) electrons. The Kier molecular flexibility index (Phi) is 4.03. The monoisotopic (exact) mass is 375 g/mol. The molecule has 1 N–H and O–H groups in total. The fourth-order valence-electron chi connectivity index (χ4n) is 2.36. The van der Waals surface area contributed by atoms with Crippen molar-refractivity contribution in [2.24, 2.45) is 0 Å². The number of aromatic amines is 1. The van der Waals surface area contributed by atoms with Crippen molar-refractivity contribution >= 4 is 44.7 Å². The third-order valence-corrected chi connectivity index (χ3v) is 6.58. The Morgan fingerprint density at radius 2 is 2.17 bits per heavy atom. The van der Waals surface area contributed by atoms with Crippen molar-refractivity contribution in [3.05, 3.63) is 51.0 Å².